The first-order valence-electron chi connectivity index (χ1n) is 17.8. The van der Waals surface area contributed by atoms with E-state index in [4.69, 9.17) is 4.74 Å². The molecule has 0 fully saturated rings. The third-order valence-corrected chi connectivity index (χ3v) is 11.6. The SMILES string of the molecule is c1ccc(C2(c3ccccc3)c3ccccc3-c3cccc(-c4cccc5c4Oc4ccccc4C54c5ccccc5-c5ccccc54)c32)cc1. The van der Waals surface area contributed by atoms with E-state index in [1.54, 1.807) is 0 Å². The third kappa shape index (κ3) is 3.55. The van der Waals surface area contributed by atoms with E-state index >= 15 is 0 Å². The molecule has 0 saturated carbocycles. The lowest BCUT2D eigenvalue weighted by molar-refractivity contribution is 0.438. The minimum Gasteiger partial charge on any atom is -0.456 e. The molecule has 3 aliphatic rings. The Morgan fingerprint density at radius 1 is 0.275 bits per heavy atom. The first-order chi connectivity index (χ1) is 25.3. The summed E-state index contributed by atoms with van der Waals surface area (Å²) in [5, 5.41) is 0. The molecule has 0 aromatic heterocycles. The van der Waals surface area contributed by atoms with Crippen LogP contribution in [0.5, 0.6) is 11.5 Å². The van der Waals surface area contributed by atoms with Crippen molar-refractivity contribution in [1.82, 2.24) is 0 Å². The van der Waals surface area contributed by atoms with Gasteiger partial charge in [-0.15, -0.1) is 0 Å². The van der Waals surface area contributed by atoms with E-state index in [1.165, 1.54) is 72.3 Å². The highest BCUT2D eigenvalue weighted by Gasteiger charge is 2.52. The lowest BCUT2D eigenvalue weighted by Gasteiger charge is -2.40. The summed E-state index contributed by atoms with van der Waals surface area (Å²) in [7, 11) is 0. The molecule has 0 N–H and O–H groups in total. The van der Waals surface area contributed by atoms with Crippen LogP contribution in [0.25, 0.3) is 33.4 Å². The Bertz CT molecular complexity index is 2580. The first kappa shape index (κ1) is 28.4. The van der Waals surface area contributed by atoms with Gasteiger partial charge in [0.1, 0.15) is 11.5 Å². The molecule has 0 amide bonds. The second-order valence-corrected chi connectivity index (χ2v) is 13.9. The molecular formula is C50H32O. The molecule has 1 heteroatoms. The Labute approximate surface area is 298 Å². The number of hydrogen-bond acceptors (Lipinski definition) is 1. The number of hydrogen-bond donors (Lipinski definition) is 0. The van der Waals surface area contributed by atoms with Crippen molar-refractivity contribution in [2.75, 3.05) is 0 Å². The van der Waals surface area contributed by atoms with Gasteiger partial charge >= 0.3 is 0 Å². The number of rotatable bonds is 3. The summed E-state index contributed by atoms with van der Waals surface area (Å²) in [6.07, 6.45) is 0. The predicted octanol–water partition coefficient (Wildman–Crippen LogP) is 12.2. The van der Waals surface area contributed by atoms with Crippen LogP contribution in [-0.4, -0.2) is 0 Å². The van der Waals surface area contributed by atoms with Gasteiger partial charge < -0.3 is 4.74 Å². The number of fused-ring (bicyclic) bond motifs is 12. The van der Waals surface area contributed by atoms with Gasteiger partial charge in [0.2, 0.25) is 0 Å². The van der Waals surface area contributed by atoms with Crippen LogP contribution in [0.4, 0.5) is 0 Å². The summed E-state index contributed by atoms with van der Waals surface area (Å²) in [5.74, 6) is 1.82. The van der Waals surface area contributed by atoms with Crippen LogP contribution in [0.3, 0.4) is 0 Å². The quantitative estimate of drug-likeness (QED) is 0.185. The third-order valence-electron chi connectivity index (χ3n) is 11.6. The molecule has 51 heavy (non-hydrogen) atoms. The molecule has 0 radical (unpaired) electrons. The van der Waals surface area contributed by atoms with Gasteiger partial charge in [-0.25, -0.2) is 0 Å². The largest absolute Gasteiger partial charge is 0.456 e. The highest BCUT2D eigenvalue weighted by molar-refractivity contribution is 5.95. The van der Waals surface area contributed by atoms with Crippen molar-refractivity contribution in [2.45, 2.75) is 10.8 Å². The summed E-state index contributed by atoms with van der Waals surface area (Å²) < 4.78 is 7.20. The molecule has 0 unspecified atom stereocenters. The molecular weight excluding hydrogens is 617 g/mol. The minimum absolute atomic E-state index is 0.524. The van der Waals surface area contributed by atoms with Crippen molar-refractivity contribution in [3.63, 3.8) is 0 Å². The standard InChI is InChI=1S/C50H32O/c1-3-17-33(18-4-1)49(34-19-5-2-6-20-34)41-27-10-9-23-37(41)38-24-15-25-39(47(38)49)40-26-16-31-45-48(40)51-46-32-14-13-30-44(46)50(45)42-28-11-7-21-35(42)36-22-8-12-29-43(36)50/h1-32H. The molecule has 11 rings (SSSR count). The molecule has 1 nitrogen and oxygen atoms in total. The normalized spacial score (nSPS) is 14.7. The predicted molar refractivity (Wildman–Crippen MR) is 207 cm³/mol. The van der Waals surface area contributed by atoms with Crippen LogP contribution in [0.15, 0.2) is 194 Å². The van der Waals surface area contributed by atoms with Crippen molar-refractivity contribution in [1.29, 1.82) is 0 Å². The fourth-order valence-electron chi connectivity index (χ4n) is 9.82. The van der Waals surface area contributed by atoms with Crippen molar-refractivity contribution in [3.05, 3.63) is 239 Å². The van der Waals surface area contributed by atoms with E-state index in [0.717, 1.165) is 17.1 Å². The van der Waals surface area contributed by atoms with Crippen molar-refractivity contribution >= 4 is 0 Å². The zero-order chi connectivity index (χ0) is 33.6. The zero-order valence-corrected chi connectivity index (χ0v) is 27.9. The van der Waals surface area contributed by atoms with Gasteiger partial charge in [0, 0.05) is 16.7 Å². The van der Waals surface area contributed by atoms with Crippen LogP contribution in [0.2, 0.25) is 0 Å². The fourth-order valence-corrected chi connectivity index (χ4v) is 9.82. The molecule has 8 aromatic rings. The van der Waals surface area contributed by atoms with E-state index in [0.29, 0.717) is 0 Å². The van der Waals surface area contributed by atoms with Crippen LogP contribution in [-0.2, 0) is 10.8 Å². The average Bonchev–Trinajstić information content (AvgIpc) is 3.68. The maximum Gasteiger partial charge on any atom is 0.140 e. The summed E-state index contributed by atoms with van der Waals surface area (Å²) in [5.41, 5.74) is 16.4. The maximum absolute atomic E-state index is 7.20. The maximum atomic E-state index is 7.20. The van der Waals surface area contributed by atoms with E-state index in [1.807, 2.05) is 0 Å². The van der Waals surface area contributed by atoms with Crippen LogP contribution in [0.1, 0.15) is 44.5 Å². The van der Waals surface area contributed by atoms with Crippen molar-refractivity contribution < 1.29 is 4.74 Å². The summed E-state index contributed by atoms with van der Waals surface area (Å²) in [6.45, 7) is 0. The van der Waals surface area contributed by atoms with Gasteiger partial charge in [-0.3, -0.25) is 0 Å². The van der Waals surface area contributed by atoms with Gasteiger partial charge in [0.15, 0.2) is 0 Å². The molecule has 0 atom stereocenters. The Morgan fingerprint density at radius 3 is 1.27 bits per heavy atom. The molecule has 0 bridgehead atoms. The van der Waals surface area contributed by atoms with Gasteiger partial charge in [-0.1, -0.05) is 188 Å². The second kappa shape index (κ2) is 10.5. The number of ether oxygens (including phenoxy) is 1. The molecule has 1 spiro atoms. The number of para-hydroxylation sites is 2. The number of benzene rings is 8. The first-order valence-corrected chi connectivity index (χ1v) is 17.8. The van der Waals surface area contributed by atoms with Crippen molar-refractivity contribution in [2.24, 2.45) is 0 Å². The van der Waals surface area contributed by atoms with Crippen LogP contribution in [0, 0.1) is 0 Å². The van der Waals surface area contributed by atoms with E-state index < -0.39 is 10.8 Å². The van der Waals surface area contributed by atoms with Crippen LogP contribution < -0.4 is 4.74 Å². The molecule has 8 aromatic carbocycles. The molecule has 238 valence electrons. The second-order valence-electron chi connectivity index (χ2n) is 13.9. The molecule has 1 aliphatic heterocycles. The summed E-state index contributed by atoms with van der Waals surface area (Å²) in [4.78, 5) is 0. The fraction of sp³-hybridized carbons (Fsp3) is 0.0400. The smallest absolute Gasteiger partial charge is 0.140 e. The summed E-state index contributed by atoms with van der Waals surface area (Å²) >= 11 is 0. The van der Waals surface area contributed by atoms with Crippen LogP contribution >= 0.6 is 0 Å². The average molecular weight is 649 g/mol. The van der Waals surface area contributed by atoms with Gasteiger partial charge in [-0.2, -0.15) is 0 Å². The Balaban J connectivity index is 1.27. The van der Waals surface area contributed by atoms with Crippen molar-refractivity contribution in [3.8, 4) is 44.9 Å². The Morgan fingerprint density at radius 2 is 0.667 bits per heavy atom. The Hall–Kier alpha value is -6.44. The zero-order valence-electron chi connectivity index (χ0n) is 27.9. The lowest BCUT2D eigenvalue weighted by atomic mass is 9.64. The van der Waals surface area contributed by atoms with E-state index in [-0.39, 0.29) is 0 Å². The minimum atomic E-state index is -0.537. The molecule has 2 aliphatic carbocycles. The lowest BCUT2D eigenvalue weighted by Crippen LogP contribution is -2.32. The van der Waals surface area contributed by atoms with E-state index in [9.17, 15) is 0 Å². The van der Waals surface area contributed by atoms with Gasteiger partial charge in [0.25, 0.3) is 0 Å². The Kier molecular flexibility index (Phi) is 5.86. The summed E-state index contributed by atoms with van der Waals surface area (Å²) in [6, 6.07) is 71.3. The topological polar surface area (TPSA) is 9.23 Å². The molecule has 0 saturated heterocycles. The van der Waals surface area contributed by atoms with E-state index in [2.05, 4.69) is 194 Å². The highest BCUT2D eigenvalue weighted by atomic mass is 16.5. The monoisotopic (exact) mass is 648 g/mol. The highest BCUT2D eigenvalue weighted by Crippen LogP contribution is 2.65. The van der Waals surface area contributed by atoms with Gasteiger partial charge in [0.05, 0.1) is 10.8 Å². The molecule has 1 heterocycles. The van der Waals surface area contributed by atoms with Gasteiger partial charge in [-0.05, 0) is 67.3 Å².